The Morgan fingerprint density at radius 2 is 2.00 bits per heavy atom. The molecule has 2 rings (SSSR count). The van der Waals surface area contributed by atoms with Crippen molar-refractivity contribution < 1.29 is 13.2 Å². The highest BCUT2D eigenvalue weighted by Crippen LogP contribution is 2.39. The zero-order valence-corrected chi connectivity index (χ0v) is 9.84. The summed E-state index contributed by atoms with van der Waals surface area (Å²) in [7, 11) is 0. The third-order valence-corrected chi connectivity index (χ3v) is 4.35. The van der Waals surface area contributed by atoms with Crippen molar-refractivity contribution in [1.29, 1.82) is 0 Å². The van der Waals surface area contributed by atoms with Crippen LogP contribution < -0.4 is 5.32 Å². The summed E-state index contributed by atoms with van der Waals surface area (Å²) in [6.07, 6.45) is -2.43. The summed E-state index contributed by atoms with van der Waals surface area (Å²) in [5, 5.41) is 3.24. The first kappa shape index (κ1) is 11.9. The van der Waals surface area contributed by atoms with Crippen molar-refractivity contribution in [3.63, 3.8) is 0 Å². The highest BCUT2D eigenvalue weighted by atomic mass is 32.1. The van der Waals surface area contributed by atoms with Crippen LogP contribution in [0.3, 0.4) is 0 Å². The molecule has 0 aromatic carbocycles. The second kappa shape index (κ2) is 4.37. The number of thiophene rings is 1. The minimum Gasteiger partial charge on any atom is -0.316 e. The molecule has 0 aliphatic carbocycles. The Balaban J connectivity index is 2.24. The Kier molecular flexibility index (Phi) is 3.26. The van der Waals surface area contributed by atoms with E-state index in [4.69, 9.17) is 0 Å². The van der Waals surface area contributed by atoms with E-state index in [0.29, 0.717) is 4.88 Å². The molecular formula is C11H14F3NS. The maximum absolute atomic E-state index is 12.6. The fraction of sp³-hybridized carbons (Fsp3) is 0.636. The number of halogens is 3. The number of rotatable bonds is 1. The minimum atomic E-state index is -4.12. The van der Waals surface area contributed by atoms with E-state index >= 15 is 0 Å². The quantitative estimate of drug-likeness (QED) is 0.806. The normalized spacial score (nSPS) is 19.0. The summed E-state index contributed by atoms with van der Waals surface area (Å²) in [5.74, 6) is -1.34. The van der Waals surface area contributed by atoms with E-state index in [1.807, 2.05) is 0 Å². The van der Waals surface area contributed by atoms with Gasteiger partial charge in [0.2, 0.25) is 0 Å². The first-order chi connectivity index (χ1) is 7.48. The predicted molar refractivity (Wildman–Crippen MR) is 59.1 cm³/mol. The van der Waals surface area contributed by atoms with Crippen LogP contribution in [0.2, 0.25) is 0 Å². The first-order valence-electron chi connectivity index (χ1n) is 5.37. The van der Waals surface area contributed by atoms with Gasteiger partial charge in [0.15, 0.2) is 0 Å². The van der Waals surface area contributed by atoms with E-state index in [0.717, 1.165) is 36.4 Å². The van der Waals surface area contributed by atoms with Crippen LogP contribution >= 0.6 is 11.3 Å². The summed E-state index contributed by atoms with van der Waals surface area (Å²) in [6.45, 7) is 2.97. The summed E-state index contributed by atoms with van der Waals surface area (Å²) < 4.78 is 37.7. The Labute approximate surface area is 96.7 Å². The Morgan fingerprint density at radius 3 is 2.69 bits per heavy atom. The van der Waals surface area contributed by atoms with Crippen LogP contribution in [0.4, 0.5) is 13.2 Å². The molecule has 2 heterocycles. The zero-order valence-electron chi connectivity index (χ0n) is 9.03. The lowest BCUT2D eigenvalue weighted by molar-refractivity contribution is -0.145. The number of alkyl halides is 3. The molecule has 0 amide bonds. The van der Waals surface area contributed by atoms with Gasteiger partial charge in [-0.05, 0) is 44.5 Å². The second-order valence-electron chi connectivity index (χ2n) is 4.11. The number of nitrogens with one attached hydrogen (secondary N) is 1. The molecule has 5 heteroatoms. The van der Waals surface area contributed by atoms with Gasteiger partial charge in [-0.3, -0.25) is 0 Å². The molecule has 1 aliphatic rings. The van der Waals surface area contributed by atoms with Gasteiger partial charge in [0.05, 0.1) is 5.92 Å². The minimum absolute atomic E-state index is 0.458. The van der Waals surface area contributed by atoms with Crippen molar-refractivity contribution in [2.24, 2.45) is 0 Å². The van der Waals surface area contributed by atoms with Crippen LogP contribution in [0.5, 0.6) is 0 Å². The van der Waals surface area contributed by atoms with Crippen molar-refractivity contribution in [1.82, 2.24) is 5.32 Å². The number of hydrogen-bond donors (Lipinski definition) is 1. The largest absolute Gasteiger partial charge is 0.396 e. The third kappa shape index (κ3) is 2.40. The lowest BCUT2D eigenvalue weighted by atomic mass is 10.1. The molecule has 1 nitrogen and oxygen atoms in total. The molecule has 0 unspecified atom stereocenters. The van der Waals surface area contributed by atoms with Crippen LogP contribution in [0.25, 0.3) is 0 Å². The second-order valence-corrected chi connectivity index (χ2v) is 5.28. The average Bonchev–Trinajstić information content (AvgIpc) is 2.47. The van der Waals surface area contributed by atoms with Crippen molar-refractivity contribution in [3.8, 4) is 0 Å². The molecule has 0 radical (unpaired) electrons. The highest BCUT2D eigenvalue weighted by Gasteiger charge is 2.38. The van der Waals surface area contributed by atoms with Gasteiger partial charge in [-0.15, -0.1) is 11.3 Å². The molecule has 0 saturated carbocycles. The van der Waals surface area contributed by atoms with Crippen LogP contribution in [0.1, 0.15) is 28.2 Å². The number of hydrogen-bond acceptors (Lipinski definition) is 2. The third-order valence-electron chi connectivity index (χ3n) is 2.93. The van der Waals surface area contributed by atoms with Crippen molar-refractivity contribution in [2.45, 2.75) is 31.9 Å². The summed E-state index contributed by atoms with van der Waals surface area (Å²) in [6, 6.07) is 1.74. The Morgan fingerprint density at radius 1 is 1.31 bits per heavy atom. The van der Waals surface area contributed by atoms with Gasteiger partial charge in [-0.2, -0.15) is 13.2 Å². The topological polar surface area (TPSA) is 12.0 Å². The molecule has 1 aromatic rings. The molecule has 0 bridgehead atoms. The summed E-state index contributed by atoms with van der Waals surface area (Å²) in [4.78, 5) is 1.58. The van der Waals surface area contributed by atoms with Gasteiger partial charge in [0, 0.05) is 9.75 Å². The zero-order chi connectivity index (χ0) is 11.8. The highest BCUT2D eigenvalue weighted by molar-refractivity contribution is 7.12. The molecule has 1 N–H and O–H groups in total. The molecule has 1 atom stereocenters. The van der Waals surface area contributed by atoms with E-state index in [1.165, 1.54) is 18.3 Å². The molecule has 0 fully saturated rings. The van der Waals surface area contributed by atoms with Gasteiger partial charge >= 0.3 is 6.18 Å². The molecule has 16 heavy (non-hydrogen) atoms. The first-order valence-corrected chi connectivity index (χ1v) is 6.19. The number of fused-ring (bicyclic) bond motifs is 1. The van der Waals surface area contributed by atoms with Gasteiger partial charge in [-0.1, -0.05) is 0 Å². The molecule has 1 aromatic heterocycles. The summed E-state index contributed by atoms with van der Waals surface area (Å²) >= 11 is 1.32. The van der Waals surface area contributed by atoms with Crippen molar-refractivity contribution in [3.05, 3.63) is 21.4 Å². The van der Waals surface area contributed by atoms with Gasteiger partial charge < -0.3 is 5.32 Å². The Hall–Kier alpha value is -0.550. The fourth-order valence-corrected chi connectivity index (χ4v) is 3.13. The van der Waals surface area contributed by atoms with E-state index in [-0.39, 0.29) is 0 Å². The molecule has 0 saturated heterocycles. The van der Waals surface area contributed by atoms with E-state index in [2.05, 4.69) is 5.32 Å². The lowest BCUT2D eigenvalue weighted by Crippen LogP contribution is -2.17. The lowest BCUT2D eigenvalue weighted by Gasteiger charge is -2.13. The molecule has 0 spiro atoms. The van der Waals surface area contributed by atoms with E-state index in [9.17, 15) is 13.2 Å². The maximum Gasteiger partial charge on any atom is 0.396 e. The van der Waals surface area contributed by atoms with Gasteiger partial charge in [0.1, 0.15) is 0 Å². The van der Waals surface area contributed by atoms with Crippen molar-refractivity contribution in [2.75, 3.05) is 13.1 Å². The smallest absolute Gasteiger partial charge is 0.316 e. The molecular weight excluding hydrogens is 235 g/mol. The van der Waals surface area contributed by atoms with E-state index in [1.54, 1.807) is 6.07 Å². The van der Waals surface area contributed by atoms with Crippen LogP contribution in [-0.4, -0.2) is 19.3 Å². The van der Waals surface area contributed by atoms with Gasteiger partial charge in [-0.25, -0.2) is 0 Å². The fourth-order valence-electron chi connectivity index (χ4n) is 1.84. The monoisotopic (exact) mass is 249 g/mol. The van der Waals surface area contributed by atoms with E-state index < -0.39 is 12.1 Å². The standard InChI is InChI=1S/C11H14F3NS/c1-7(11(12,13)14)10-6-8-2-4-15-5-3-9(8)16-10/h6-7,15H,2-5H2,1H3/t7-/m1/s1. The van der Waals surface area contributed by atoms with Crippen molar-refractivity contribution >= 4 is 11.3 Å². The Bertz CT molecular complexity index is 346. The SMILES string of the molecule is C[C@H](c1cc2c(s1)CCNCC2)C(F)(F)F. The average molecular weight is 249 g/mol. The van der Waals surface area contributed by atoms with Crippen LogP contribution in [0, 0.1) is 0 Å². The molecule has 90 valence electrons. The predicted octanol–water partition coefficient (Wildman–Crippen LogP) is 3.10. The van der Waals surface area contributed by atoms with Crippen LogP contribution in [0.15, 0.2) is 6.07 Å². The maximum atomic E-state index is 12.6. The van der Waals surface area contributed by atoms with Crippen LogP contribution in [-0.2, 0) is 12.8 Å². The molecule has 1 aliphatic heterocycles. The summed E-state index contributed by atoms with van der Waals surface area (Å²) in [5.41, 5.74) is 1.10. The van der Waals surface area contributed by atoms with Gasteiger partial charge in [0.25, 0.3) is 0 Å².